The molecule has 5 nitrogen and oxygen atoms in total. The van der Waals surface area contributed by atoms with Gasteiger partial charge in [0.2, 0.25) is 10.0 Å². The third-order valence-corrected chi connectivity index (χ3v) is 6.09. The van der Waals surface area contributed by atoms with Gasteiger partial charge in [0.15, 0.2) is 0 Å². The number of sulfonamides is 1. The Kier molecular flexibility index (Phi) is 4.30. The molecule has 1 aromatic rings. The number of likely N-dealkylation sites (N-methyl/N-ethyl adjacent to an activating group) is 1. The van der Waals surface area contributed by atoms with E-state index in [-0.39, 0.29) is 10.9 Å². The molecule has 1 fully saturated rings. The minimum atomic E-state index is -3.52. The molecule has 0 spiro atoms. The Balaban J connectivity index is 2.32. The van der Waals surface area contributed by atoms with Gasteiger partial charge in [-0.05, 0) is 45.1 Å². The Hall–Kier alpha value is -0.820. The molecule has 1 aromatic carbocycles. The van der Waals surface area contributed by atoms with Crippen molar-refractivity contribution in [1.29, 1.82) is 0 Å². The van der Waals surface area contributed by atoms with Gasteiger partial charge >= 0.3 is 0 Å². The summed E-state index contributed by atoms with van der Waals surface area (Å²) in [4.78, 5) is 2.22. The molecule has 1 heterocycles. The zero-order valence-corrected chi connectivity index (χ0v) is 13.5. The Bertz CT molecular complexity index is 593. The second-order valence-electron chi connectivity index (χ2n) is 5.39. The van der Waals surface area contributed by atoms with Gasteiger partial charge in [-0.15, -0.1) is 0 Å². The van der Waals surface area contributed by atoms with Crippen molar-refractivity contribution in [1.82, 2.24) is 9.21 Å². The maximum Gasteiger partial charge on any atom is 0.243 e. The molecule has 1 saturated heterocycles. The first-order chi connectivity index (χ1) is 9.23. The van der Waals surface area contributed by atoms with Gasteiger partial charge in [0.1, 0.15) is 0 Å². The Labute approximate surface area is 125 Å². The molecule has 0 radical (unpaired) electrons. The van der Waals surface area contributed by atoms with E-state index < -0.39 is 10.0 Å². The summed E-state index contributed by atoms with van der Waals surface area (Å²) in [6, 6.07) is 3.22. The van der Waals surface area contributed by atoms with Crippen molar-refractivity contribution in [2.75, 3.05) is 32.9 Å². The van der Waals surface area contributed by atoms with Crippen molar-refractivity contribution in [3.63, 3.8) is 0 Å². The molecule has 112 valence electrons. The van der Waals surface area contributed by atoms with Gasteiger partial charge in [-0.3, -0.25) is 0 Å². The molecular formula is C13H20ClN3O2S. The van der Waals surface area contributed by atoms with E-state index >= 15 is 0 Å². The number of rotatable bonds is 3. The van der Waals surface area contributed by atoms with Crippen LogP contribution in [0.4, 0.5) is 5.69 Å². The van der Waals surface area contributed by atoms with Crippen LogP contribution in [-0.2, 0) is 10.0 Å². The molecule has 0 aliphatic carbocycles. The first kappa shape index (κ1) is 15.6. The summed E-state index contributed by atoms with van der Waals surface area (Å²) in [6.45, 7) is 2.79. The molecule has 0 bridgehead atoms. The molecular weight excluding hydrogens is 298 g/mol. The van der Waals surface area contributed by atoms with Crippen molar-refractivity contribution in [2.24, 2.45) is 0 Å². The summed E-state index contributed by atoms with van der Waals surface area (Å²) in [6.07, 6.45) is 0.835. The van der Waals surface area contributed by atoms with E-state index in [4.69, 9.17) is 17.3 Å². The van der Waals surface area contributed by atoms with E-state index in [1.807, 2.05) is 19.0 Å². The lowest BCUT2D eigenvalue weighted by atomic mass is 10.2. The number of halogens is 1. The average Bonchev–Trinajstić information content (AvgIpc) is 2.85. The van der Waals surface area contributed by atoms with Crippen LogP contribution in [-0.4, -0.2) is 50.8 Å². The number of anilines is 1. The van der Waals surface area contributed by atoms with Crippen LogP contribution in [0.5, 0.6) is 0 Å². The smallest absolute Gasteiger partial charge is 0.243 e. The van der Waals surface area contributed by atoms with Gasteiger partial charge in [-0.25, -0.2) is 8.42 Å². The van der Waals surface area contributed by atoms with Crippen LogP contribution < -0.4 is 5.73 Å². The van der Waals surface area contributed by atoms with Crippen LogP contribution in [0.1, 0.15) is 12.0 Å². The fourth-order valence-corrected chi connectivity index (χ4v) is 4.17. The van der Waals surface area contributed by atoms with Crippen molar-refractivity contribution < 1.29 is 8.42 Å². The monoisotopic (exact) mass is 317 g/mol. The highest BCUT2D eigenvalue weighted by atomic mass is 35.5. The third kappa shape index (κ3) is 2.79. The third-order valence-electron chi connectivity index (χ3n) is 3.85. The van der Waals surface area contributed by atoms with Crippen LogP contribution in [0.25, 0.3) is 0 Å². The number of benzene rings is 1. The van der Waals surface area contributed by atoms with Crippen LogP contribution in [0.2, 0.25) is 5.02 Å². The Morgan fingerprint density at radius 1 is 1.40 bits per heavy atom. The maximum atomic E-state index is 12.6. The predicted molar refractivity (Wildman–Crippen MR) is 81.5 cm³/mol. The molecule has 1 unspecified atom stereocenters. The second-order valence-corrected chi connectivity index (χ2v) is 7.73. The normalized spacial score (nSPS) is 20.8. The highest BCUT2D eigenvalue weighted by Crippen LogP contribution is 2.29. The second kappa shape index (κ2) is 5.52. The predicted octanol–water partition coefficient (Wildman–Crippen LogP) is 1.56. The van der Waals surface area contributed by atoms with Gasteiger partial charge < -0.3 is 10.6 Å². The molecule has 0 aromatic heterocycles. The summed E-state index contributed by atoms with van der Waals surface area (Å²) in [5, 5.41) is 0.381. The highest BCUT2D eigenvalue weighted by Gasteiger charge is 2.33. The number of hydrogen-bond acceptors (Lipinski definition) is 4. The SMILES string of the molecule is Cc1c(N)cc(S(=O)(=O)N2CCC(N(C)C)C2)cc1Cl. The number of nitrogen functional groups attached to an aromatic ring is 1. The summed E-state index contributed by atoms with van der Waals surface area (Å²) in [7, 11) is 0.395. The first-order valence-electron chi connectivity index (χ1n) is 6.45. The fourth-order valence-electron chi connectivity index (χ4n) is 2.32. The molecule has 0 amide bonds. The van der Waals surface area contributed by atoms with Crippen LogP contribution >= 0.6 is 11.6 Å². The van der Waals surface area contributed by atoms with E-state index in [0.717, 1.165) is 6.42 Å². The van der Waals surface area contributed by atoms with E-state index in [1.165, 1.54) is 16.4 Å². The summed E-state index contributed by atoms with van der Waals surface area (Å²) >= 11 is 6.04. The highest BCUT2D eigenvalue weighted by molar-refractivity contribution is 7.89. The molecule has 1 atom stereocenters. The lowest BCUT2D eigenvalue weighted by Crippen LogP contribution is -2.34. The molecule has 1 aliphatic rings. The van der Waals surface area contributed by atoms with Crippen LogP contribution in [0, 0.1) is 6.92 Å². The number of nitrogens with zero attached hydrogens (tertiary/aromatic N) is 2. The lowest BCUT2D eigenvalue weighted by Gasteiger charge is -2.20. The molecule has 7 heteroatoms. The molecule has 0 saturated carbocycles. The fraction of sp³-hybridized carbons (Fsp3) is 0.538. The van der Waals surface area contributed by atoms with Gasteiger partial charge in [-0.1, -0.05) is 11.6 Å². The zero-order chi connectivity index (χ0) is 15.1. The van der Waals surface area contributed by atoms with Crippen molar-refractivity contribution in [3.8, 4) is 0 Å². The van der Waals surface area contributed by atoms with E-state index in [1.54, 1.807) is 6.92 Å². The first-order valence-corrected chi connectivity index (χ1v) is 8.27. The number of nitrogens with two attached hydrogens (primary N) is 1. The topological polar surface area (TPSA) is 66.6 Å². The van der Waals surface area contributed by atoms with Crippen LogP contribution in [0.15, 0.2) is 17.0 Å². The van der Waals surface area contributed by atoms with Gasteiger partial charge in [-0.2, -0.15) is 4.31 Å². The van der Waals surface area contributed by atoms with E-state index in [2.05, 4.69) is 0 Å². The lowest BCUT2D eigenvalue weighted by molar-refractivity contribution is 0.302. The summed E-state index contributed by atoms with van der Waals surface area (Å²) in [5.74, 6) is 0. The van der Waals surface area contributed by atoms with E-state index in [0.29, 0.717) is 29.4 Å². The van der Waals surface area contributed by atoms with Crippen molar-refractivity contribution >= 4 is 27.3 Å². The standard InChI is InChI=1S/C13H20ClN3O2S/c1-9-12(14)6-11(7-13(9)15)20(18,19)17-5-4-10(8-17)16(2)3/h6-7,10H,4-5,8,15H2,1-3H3. The molecule has 20 heavy (non-hydrogen) atoms. The van der Waals surface area contributed by atoms with Crippen LogP contribution in [0.3, 0.4) is 0 Å². The largest absolute Gasteiger partial charge is 0.398 e. The van der Waals surface area contributed by atoms with Gasteiger partial charge in [0, 0.05) is 29.8 Å². The molecule has 2 rings (SSSR count). The minimum Gasteiger partial charge on any atom is -0.398 e. The molecule has 1 aliphatic heterocycles. The quantitative estimate of drug-likeness (QED) is 0.859. The van der Waals surface area contributed by atoms with Gasteiger partial charge in [0.05, 0.1) is 4.90 Å². The van der Waals surface area contributed by atoms with Crippen molar-refractivity contribution in [2.45, 2.75) is 24.3 Å². The zero-order valence-electron chi connectivity index (χ0n) is 11.9. The maximum absolute atomic E-state index is 12.6. The summed E-state index contributed by atoms with van der Waals surface area (Å²) < 4.78 is 26.7. The molecule has 2 N–H and O–H groups in total. The number of hydrogen-bond donors (Lipinski definition) is 1. The minimum absolute atomic E-state index is 0.171. The van der Waals surface area contributed by atoms with Crippen molar-refractivity contribution in [3.05, 3.63) is 22.7 Å². The average molecular weight is 318 g/mol. The van der Waals surface area contributed by atoms with Gasteiger partial charge in [0.25, 0.3) is 0 Å². The Morgan fingerprint density at radius 3 is 2.55 bits per heavy atom. The summed E-state index contributed by atoms with van der Waals surface area (Å²) in [5.41, 5.74) is 6.93. The van der Waals surface area contributed by atoms with E-state index in [9.17, 15) is 8.42 Å². The Morgan fingerprint density at radius 2 is 2.05 bits per heavy atom.